The average molecular weight is 541 g/mol. The largest absolute Gasteiger partial charge is 0.490 e. The van der Waals surface area contributed by atoms with E-state index in [1.807, 2.05) is 52.8 Å². The molecule has 3 aromatic rings. The first kappa shape index (κ1) is 28.0. The summed E-state index contributed by atoms with van der Waals surface area (Å²) in [6, 6.07) is 11.2. The van der Waals surface area contributed by atoms with Crippen molar-refractivity contribution in [3.8, 4) is 23.3 Å². The number of nitrogens with one attached hydrogen (secondary N) is 1. The lowest BCUT2D eigenvalue weighted by atomic mass is 10.1. The van der Waals surface area contributed by atoms with E-state index in [4.69, 9.17) is 25.8 Å². The molecule has 1 N–H and O–H groups in total. The minimum Gasteiger partial charge on any atom is -0.490 e. The first-order chi connectivity index (χ1) is 17.7. The van der Waals surface area contributed by atoms with Gasteiger partial charge >= 0.3 is 0 Å². The molecule has 1 heterocycles. The van der Waals surface area contributed by atoms with Gasteiger partial charge in [-0.2, -0.15) is 5.26 Å². The molecule has 10 heteroatoms. The van der Waals surface area contributed by atoms with E-state index in [-0.39, 0.29) is 23.1 Å². The fraction of sp³-hybridized carbons (Fsp3) is 0.333. The molecule has 0 aliphatic heterocycles. The molecule has 1 amide bonds. The Kier molecular flexibility index (Phi) is 9.89. The smallest absolute Gasteiger partial charge is 0.268 e. The maximum absolute atomic E-state index is 12.7. The van der Waals surface area contributed by atoms with Crippen molar-refractivity contribution in [1.82, 2.24) is 10.2 Å². The first-order valence-corrected chi connectivity index (χ1v) is 13.0. The molecule has 0 saturated heterocycles. The average Bonchev–Trinajstić information content (AvgIpc) is 3.30. The van der Waals surface area contributed by atoms with Crippen LogP contribution in [0.5, 0.6) is 17.2 Å². The van der Waals surface area contributed by atoms with Gasteiger partial charge in [0.2, 0.25) is 5.13 Å². The van der Waals surface area contributed by atoms with Gasteiger partial charge in [-0.25, -0.2) is 0 Å². The maximum atomic E-state index is 12.7. The van der Waals surface area contributed by atoms with Crippen molar-refractivity contribution < 1.29 is 19.0 Å². The second-order valence-electron chi connectivity index (χ2n) is 8.51. The van der Waals surface area contributed by atoms with Gasteiger partial charge in [0.05, 0.1) is 11.6 Å². The third-order valence-corrected chi connectivity index (χ3v) is 6.38. The summed E-state index contributed by atoms with van der Waals surface area (Å²) in [5, 5.41) is 21.6. The predicted molar refractivity (Wildman–Crippen MR) is 146 cm³/mol. The van der Waals surface area contributed by atoms with E-state index in [0.29, 0.717) is 35.4 Å². The van der Waals surface area contributed by atoms with Crippen molar-refractivity contribution in [3.63, 3.8) is 0 Å². The molecule has 0 atom stereocenters. The van der Waals surface area contributed by atoms with Crippen molar-refractivity contribution in [3.05, 3.63) is 62.6 Å². The number of hydrogen-bond acceptors (Lipinski definition) is 8. The summed E-state index contributed by atoms with van der Waals surface area (Å²) >= 11 is 7.77. The number of amides is 1. The van der Waals surface area contributed by atoms with Crippen LogP contribution < -0.4 is 19.5 Å². The van der Waals surface area contributed by atoms with Crippen LogP contribution in [0.1, 0.15) is 48.4 Å². The van der Waals surface area contributed by atoms with Crippen LogP contribution in [0.15, 0.2) is 35.9 Å². The molecular weight excluding hydrogens is 512 g/mol. The monoisotopic (exact) mass is 540 g/mol. The van der Waals surface area contributed by atoms with E-state index in [1.54, 1.807) is 12.1 Å². The molecule has 0 saturated carbocycles. The lowest BCUT2D eigenvalue weighted by Crippen LogP contribution is -2.13. The Morgan fingerprint density at radius 2 is 1.81 bits per heavy atom. The van der Waals surface area contributed by atoms with Gasteiger partial charge in [0.25, 0.3) is 5.91 Å². The normalized spacial score (nSPS) is 11.2. The van der Waals surface area contributed by atoms with Crippen LogP contribution in [0.25, 0.3) is 6.08 Å². The summed E-state index contributed by atoms with van der Waals surface area (Å²) < 4.78 is 17.4. The molecule has 0 unspecified atom stereocenters. The number of halogens is 1. The Morgan fingerprint density at radius 3 is 2.43 bits per heavy atom. The van der Waals surface area contributed by atoms with Gasteiger partial charge in [-0.15, -0.1) is 10.2 Å². The SMILES string of the molecule is CCOc1cc(/C=C(/C#N)C(=O)Nc2nnc(C(C)C)s2)cc(Cl)c1OCCOc1cc(C)cc(C)c1. The number of aromatic nitrogens is 2. The number of carbonyl (C=O) groups is 1. The predicted octanol–water partition coefficient (Wildman–Crippen LogP) is 6.33. The Morgan fingerprint density at radius 1 is 1.11 bits per heavy atom. The third-order valence-electron chi connectivity index (χ3n) is 4.96. The van der Waals surface area contributed by atoms with Crippen molar-refractivity contribution in [2.75, 3.05) is 25.1 Å². The van der Waals surface area contributed by atoms with Gasteiger partial charge in [-0.05, 0) is 67.8 Å². The highest BCUT2D eigenvalue weighted by atomic mass is 35.5. The summed E-state index contributed by atoms with van der Waals surface area (Å²) in [6.45, 7) is 10.8. The number of nitrogens with zero attached hydrogens (tertiary/aromatic N) is 3. The van der Waals surface area contributed by atoms with E-state index in [0.717, 1.165) is 21.9 Å². The first-order valence-electron chi connectivity index (χ1n) is 11.8. The zero-order valence-corrected chi connectivity index (χ0v) is 23.0. The Balaban J connectivity index is 1.72. The van der Waals surface area contributed by atoms with Crippen molar-refractivity contribution >= 4 is 40.1 Å². The molecule has 0 radical (unpaired) electrons. The Hall–Kier alpha value is -3.61. The minimum atomic E-state index is -0.591. The van der Waals surface area contributed by atoms with E-state index >= 15 is 0 Å². The minimum absolute atomic E-state index is 0.115. The topological polar surface area (TPSA) is 106 Å². The summed E-state index contributed by atoms with van der Waals surface area (Å²) in [5.41, 5.74) is 2.64. The zero-order valence-electron chi connectivity index (χ0n) is 21.4. The van der Waals surface area contributed by atoms with Crippen LogP contribution in [-0.2, 0) is 4.79 Å². The summed E-state index contributed by atoms with van der Waals surface area (Å²) in [4.78, 5) is 12.7. The highest BCUT2D eigenvalue weighted by Crippen LogP contribution is 2.37. The number of nitriles is 1. The lowest BCUT2D eigenvalue weighted by Gasteiger charge is -2.15. The molecule has 3 rings (SSSR count). The lowest BCUT2D eigenvalue weighted by molar-refractivity contribution is -0.112. The summed E-state index contributed by atoms with van der Waals surface area (Å²) in [7, 11) is 0. The quantitative estimate of drug-likeness (QED) is 0.172. The highest BCUT2D eigenvalue weighted by molar-refractivity contribution is 7.15. The highest BCUT2D eigenvalue weighted by Gasteiger charge is 2.16. The van der Waals surface area contributed by atoms with Crippen molar-refractivity contribution in [2.24, 2.45) is 0 Å². The van der Waals surface area contributed by atoms with Crippen LogP contribution in [-0.4, -0.2) is 35.9 Å². The van der Waals surface area contributed by atoms with Gasteiger partial charge in [-0.3, -0.25) is 10.1 Å². The number of rotatable bonds is 11. The van der Waals surface area contributed by atoms with Crippen molar-refractivity contribution in [1.29, 1.82) is 5.26 Å². The Labute approximate surface area is 225 Å². The second-order valence-corrected chi connectivity index (χ2v) is 9.92. The number of anilines is 1. The van der Waals surface area contributed by atoms with Gasteiger partial charge in [-0.1, -0.05) is 42.9 Å². The molecule has 0 aliphatic carbocycles. The Bertz CT molecular complexity index is 1310. The van der Waals surface area contributed by atoms with Gasteiger partial charge in [0.1, 0.15) is 35.6 Å². The number of benzene rings is 2. The van der Waals surface area contributed by atoms with E-state index in [9.17, 15) is 10.1 Å². The summed E-state index contributed by atoms with van der Waals surface area (Å²) in [6.07, 6.45) is 1.43. The molecule has 1 aromatic heterocycles. The zero-order chi connectivity index (χ0) is 26.9. The number of carbonyl (C=O) groups excluding carboxylic acids is 1. The number of ether oxygens (including phenoxy) is 3. The molecule has 0 aliphatic rings. The van der Waals surface area contributed by atoms with Crippen LogP contribution in [0, 0.1) is 25.2 Å². The van der Waals surface area contributed by atoms with Crippen LogP contribution in [0.3, 0.4) is 0 Å². The third kappa shape index (κ3) is 7.94. The molecule has 0 spiro atoms. The molecule has 0 fully saturated rings. The van der Waals surface area contributed by atoms with Gasteiger partial charge in [0.15, 0.2) is 11.5 Å². The molecule has 0 bridgehead atoms. The van der Waals surface area contributed by atoms with Crippen LogP contribution >= 0.6 is 22.9 Å². The standard InChI is InChI=1S/C27H29ClN4O4S/c1-6-34-23-14-19(12-20(15-29)25(33)30-27-32-31-26(37-27)16(2)3)13-22(28)24(23)36-8-7-35-21-10-17(4)9-18(5)11-21/h9-14,16H,6-8H2,1-5H3,(H,30,32,33)/b20-12-. The molecular formula is C27H29ClN4O4S. The van der Waals surface area contributed by atoms with E-state index < -0.39 is 5.91 Å². The van der Waals surface area contributed by atoms with Gasteiger partial charge in [0, 0.05) is 5.92 Å². The second kappa shape index (κ2) is 13.1. The van der Waals surface area contributed by atoms with E-state index in [2.05, 4.69) is 21.6 Å². The number of aryl methyl sites for hydroxylation is 2. The molecule has 37 heavy (non-hydrogen) atoms. The number of hydrogen-bond donors (Lipinski definition) is 1. The fourth-order valence-corrected chi connectivity index (χ4v) is 4.41. The molecule has 8 nitrogen and oxygen atoms in total. The van der Waals surface area contributed by atoms with E-state index in [1.165, 1.54) is 17.4 Å². The van der Waals surface area contributed by atoms with Crippen LogP contribution in [0.2, 0.25) is 5.02 Å². The maximum Gasteiger partial charge on any atom is 0.268 e. The van der Waals surface area contributed by atoms with Gasteiger partial charge < -0.3 is 14.2 Å². The van der Waals surface area contributed by atoms with Crippen LogP contribution in [0.4, 0.5) is 5.13 Å². The molecule has 194 valence electrons. The summed E-state index contributed by atoms with van der Waals surface area (Å²) in [5.74, 6) is 1.13. The molecule has 2 aromatic carbocycles. The fourth-order valence-electron chi connectivity index (χ4n) is 3.39. The van der Waals surface area contributed by atoms with Crippen molar-refractivity contribution in [2.45, 2.75) is 40.5 Å².